The van der Waals surface area contributed by atoms with Gasteiger partial charge in [-0.05, 0) is 36.8 Å². The number of carbonyl (C=O) groups excluding carboxylic acids is 2. The summed E-state index contributed by atoms with van der Waals surface area (Å²) in [6.07, 6.45) is 0. The fraction of sp³-hybridized carbons (Fsp3) is 0.150. The number of rotatable bonds is 5. The summed E-state index contributed by atoms with van der Waals surface area (Å²) in [6, 6.07) is 13.9. The lowest BCUT2D eigenvalue weighted by atomic mass is 10.1. The van der Waals surface area contributed by atoms with E-state index in [0.29, 0.717) is 16.5 Å². The number of para-hydroxylation sites is 1. The molecule has 1 aromatic heterocycles. The third kappa shape index (κ3) is 4.32. The quantitative estimate of drug-likeness (QED) is 0.669. The third-order valence-electron chi connectivity index (χ3n) is 3.78. The van der Waals surface area contributed by atoms with Gasteiger partial charge in [0.1, 0.15) is 17.9 Å². The molecule has 1 heterocycles. The Labute approximate surface area is 160 Å². The van der Waals surface area contributed by atoms with Crippen LogP contribution < -0.4 is 4.90 Å². The fourth-order valence-electron chi connectivity index (χ4n) is 2.50. The Bertz CT molecular complexity index is 969. The first-order chi connectivity index (χ1) is 13.0. The zero-order valence-corrected chi connectivity index (χ0v) is 15.7. The largest absolute Gasteiger partial charge is 0.507 e. The van der Waals surface area contributed by atoms with Crippen LogP contribution in [-0.4, -0.2) is 22.0 Å². The summed E-state index contributed by atoms with van der Waals surface area (Å²) in [5, 5.41) is 12.1. The maximum Gasteiger partial charge on any atom is 0.342 e. The predicted octanol–water partition coefficient (Wildman–Crippen LogP) is 4.20. The molecule has 0 aliphatic carbocycles. The Kier molecular flexibility index (Phi) is 5.52. The van der Waals surface area contributed by atoms with Crippen LogP contribution >= 0.6 is 11.3 Å². The summed E-state index contributed by atoms with van der Waals surface area (Å²) in [5.74, 6) is -0.914. The average molecular weight is 382 g/mol. The summed E-state index contributed by atoms with van der Waals surface area (Å²) in [6.45, 7) is 3.23. The molecule has 0 unspecified atom stereocenters. The van der Waals surface area contributed by atoms with Crippen molar-refractivity contribution in [1.29, 1.82) is 0 Å². The summed E-state index contributed by atoms with van der Waals surface area (Å²) >= 11 is 1.29. The van der Waals surface area contributed by atoms with Crippen molar-refractivity contribution in [2.24, 2.45) is 0 Å². The number of nitrogens with zero attached hydrogens (tertiary/aromatic N) is 2. The molecule has 1 N–H and O–H groups in total. The molecule has 2 aromatic carbocycles. The number of phenols is 1. The zero-order valence-electron chi connectivity index (χ0n) is 14.9. The molecule has 0 aliphatic rings. The van der Waals surface area contributed by atoms with E-state index < -0.39 is 5.97 Å². The monoisotopic (exact) mass is 382 g/mol. The number of amides is 1. The molecule has 0 atom stereocenters. The molecule has 3 aromatic rings. The molecule has 0 aliphatic heterocycles. The summed E-state index contributed by atoms with van der Waals surface area (Å²) in [5.41, 5.74) is 2.19. The van der Waals surface area contributed by atoms with Gasteiger partial charge in [-0.2, -0.15) is 0 Å². The van der Waals surface area contributed by atoms with Crippen molar-refractivity contribution in [1.82, 2.24) is 4.98 Å². The van der Waals surface area contributed by atoms with Gasteiger partial charge in [-0.25, -0.2) is 9.78 Å². The van der Waals surface area contributed by atoms with Crippen LogP contribution in [0, 0.1) is 6.92 Å². The summed E-state index contributed by atoms with van der Waals surface area (Å²) in [7, 11) is 0. The van der Waals surface area contributed by atoms with Crippen molar-refractivity contribution in [3.8, 4) is 5.75 Å². The number of esters is 1. The highest BCUT2D eigenvalue weighted by Crippen LogP contribution is 2.29. The maximum atomic E-state index is 12.1. The van der Waals surface area contributed by atoms with Crippen LogP contribution in [0.1, 0.15) is 28.5 Å². The lowest BCUT2D eigenvalue weighted by molar-refractivity contribution is -0.115. The van der Waals surface area contributed by atoms with E-state index in [1.807, 2.05) is 37.3 Å². The van der Waals surface area contributed by atoms with E-state index in [9.17, 15) is 14.7 Å². The van der Waals surface area contributed by atoms with Crippen LogP contribution in [0.2, 0.25) is 0 Å². The number of phenolic OH excluding ortho intramolecular Hbond substituents is 1. The molecule has 0 saturated heterocycles. The first-order valence-corrected chi connectivity index (χ1v) is 9.10. The Hall–Kier alpha value is -3.19. The van der Waals surface area contributed by atoms with Crippen molar-refractivity contribution in [2.75, 3.05) is 4.90 Å². The van der Waals surface area contributed by atoms with Gasteiger partial charge in [0.15, 0.2) is 5.13 Å². The predicted molar refractivity (Wildman–Crippen MR) is 103 cm³/mol. The molecule has 0 spiro atoms. The van der Waals surface area contributed by atoms with Gasteiger partial charge in [-0.3, -0.25) is 9.69 Å². The maximum absolute atomic E-state index is 12.1. The number of hydrogen-bond acceptors (Lipinski definition) is 6. The van der Waals surface area contributed by atoms with Crippen LogP contribution in [0.25, 0.3) is 0 Å². The van der Waals surface area contributed by atoms with Crippen LogP contribution in [0.3, 0.4) is 0 Å². The highest BCUT2D eigenvalue weighted by atomic mass is 32.1. The van der Waals surface area contributed by atoms with Crippen molar-refractivity contribution in [3.63, 3.8) is 0 Å². The Morgan fingerprint density at radius 3 is 2.59 bits per heavy atom. The number of aryl methyl sites for hydroxylation is 1. The van der Waals surface area contributed by atoms with E-state index in [1.54, 1.807) is 11.4 Å². The van der Waals surface area contributed by atoms with Crippen LogP contribution in [0.15, 0.2) is 53.9 Å². The van der Waals surface area contributed by atoms with E-state index in [4.69, 9.17) is 4.74 Å². The third-order valence-corrected chi connectivity index (χ3v) is 4.66. The lowest BCUT2D eigenvalue weighted by Crippen LogP contribution is -2.22. The highest BCUT2D eigenvalue weighted by molar-refractivity contribution is 7.14. The number of thiazole rings is 1. The number of anilines is 2. The van der Waals surface area contributed by atoms with Gasteiger partial charge in [0.2, 0.25) is 5.91 Å². The first kappa shape index (κ1) is 18.6. The van der Waals surface area contributed by atoms with Crippen LogP contribution in [-0.2, 0) is 16.1 Å². The molecule has 6 nitrogen and oxygen atoms in total. The molecular formula is C20H18N2O4S. The van der Waals surface area contributed by atoms with Crippen LogP contribution in [0.5, 0.6) is 5.75 Å². The summed E-state index contributed by atoms with van der Waals surface area (Å²) in [4.78, 5) is 30.1. The minimum absolute atomic E-state index is 0.0524. The minimum Gasteiger partial charge on any atom is -0.507 e. The molecule has 3 rings (SSSR count). The smallest absolute Gasteiger partial charge is 0.342 e. The molecule has 138 valence electrons. The topological polar surface area (TPSA) is 79.7 Å². The Balaban J connectivity index is 1.72. The van der Waals surface area contributed by atoms with Gasteiger partial charge in [0.25, 0.3) is 0 Å². The van der Waals surface area contributed by atoms with Gasteiger partial charge in [-0.1, -0.05) is 24.3 Å². The number of hydrogen-bond donors (Lipinski definition) is 1. The molecule has 0 radical (unpaired) electrons. The number of carbonyl (C=O) groups is 2. The van der Waals surface area contributed by atoms with Gasteiger partial charge >= 0.3 is 5.97 Å². The summed E-state index contributed by atoms with van der Waals surface area (Å²) < 4.78 is 5.24. The molecule has 27 heavy (non-hydrogen) atoms. The Morgan fingerprint density at radius 2 is 1.93 bits per heavy atom. The van der Waals surface area contributed by atoms with Gasteiger partial charge in [0.05, 0.1) is 11.4 Å². The number of aromatic nitrogens is 1. The number of ether oxygens (including phenoxy) is 1. The van der Waals surface area contributed by atoms with E-state index in [0.717, 1.165) is 5.56 Å². The second kappa shape index (κ2) is 8.01. The number of aromatic hydroxyl groups is 1. The fourth-order valence-corrected chi connectivity index (χ4v) is 3.37. The molecule has 0 saturated carbocycles. The van der Waals surface area contributed by atoms with E-state index in [1.165, 1.54) is 35.3 Å². The minimum atomic E-state index is -0.631. The zero-order chi connectivity index (χ0) is 19.4. The SMILES string of the molecule is CC(=O)N(c1ccccc1)c1nc(COC(=O)c2ccc(C)cc2O)cs1. The van der Waals surface area contributed by atoms with Gasteiger partial charge < -0.3 is 9.84 Å². The molecular weight excluding hydrogens is 364 g/mol. The number of benzene rings is 2. The normalized spacial score (nSPS) is 10.4. The average Bonchev–Trinajstić information content (AvgIpc) is 3.09. The van der Waals surface area contributed by atoms with Crippen molar-refractivity contribution < 1.29 is 19.4 Å². The van der Waals surface area contributed by atoms with E-state index in [2.05, 4.69) is 4.98 Å². The van der Waals surface area contributed by atoms with Crippen LogP contribution in [0.4, 0.5) is 10.8 Å². The second-order valence-corrected chi connectivity index (χ2v) is 6.74. The molecule has 0 bridgehead atoms. The van der Waals surface area contributed by atoms with Crippen molar-refractivity contribution in [2.45, 2.75) is 20.5 Å². The van der Waals surface area contributed by atoms with Gasteiger partial charge in [0, 0.05) is 12.3 Å². The van der Waals surface area contributed by atoms with E-state index >= 15 is 0 Å². The van der Waals surface area contributed by atoms with E-state index in [-0.39, 0.29) is 23.8 Å². The second-order valence-electron chi connectivity index (χ2n) is 5.91. The Morgan fingerprint density at radius 1 is 1.19 bits per heavy atom. The standard InChI is InChI=1S/C20H18N2O4S/c1-13-8-9-17(18(24)10-13)19(25)26-11-15-12-27-20(21-15)22(14(2)23)16-6-4-3-5-7-16/h3-10,12,24H,11H2,1-2H3. The van der Waals surface area contributed by atoms with Crippen molar-refractivity contribution in [3.05, 3.63) is 70.7 Å². The van der Waals surface area contributed by atoms with Crippen molar-refractivity contribution >= 4 is 34.0 Å². The first-order valence-electron chi connectivity index (χ1n) is 8.22. The highest BCUT2D eigenvalue weighted by Gasteiger charge is 2.19. The molecule has 7 heteroatoms. The van der Waals surface area contributed by atoms with Gasteiger partial charge in [-0.15, -0.1) is 11.3 Å². The molecule has 1 amide bonds. The molecule has 0 fully saturated rings. The lowest BCUT2D eigenvalue weighted by Gasteiger charge is -2.17.